The minimum absolute atomic E-state index is 0.0904. The standard InChI is InChI=1S/C19H18N4O3/c1-21-18(25)16-8-14(17(24)22-15-5-6-15)11-23(19(16)26)10-13-4-2-3-12(7-13)9-20/h2-4,7-8,11,15H,5-6,10H2,1H3,(H,21,25)(H,22,24). The molecule has 3 rings (SSSR count). The van der Waals surface area contributed by atoms with Gasteiger partial charge in [0.15, 0.2) is 0 Å². The number of benzene rings is 1. The van der Waals surface area contributed by atoms with Crippen LogP contribution in [0.15, 0.2) is 41.3 Å². The Morgan fingerprint density at radius 3 is 2.69 bits per heavy atom. The van der Waals surface area contributed by atoms with E-state index >= 15 is 0 Å². The summed E-state index contributed by atoms with van der Waals surface area (Å²) in [7, 11) is 1.43. The molecule has 1 heterocycles. The number of amides is 2. The van der Waals surface area contributed by atoms with Gasteiger partial charge in [0.2, 0.25) is 0 Å². The summed E-state index contributed by atoms with van der Waals surface area (Å²) in [5.74, 6) is -0.854. The third kappa shape index (κ3) is 3.81. The van der Waals surface area contributed by atoms with E-state index in [9.17, 15) is 14.4 Å². The van der Waals surface area contributed by atoms with E-state index in [-0.39, 0.29) is 29.6 Å². The molecule has 1 aliphatic rings. The van der Waals surface area contributed by atoms with Crippen LogP contribution >= 0.6 is 0 Å². The van der Waals surface area contributed by atoms with Crippen LogP contribution in [0.5, 0.6) is 0 Å². The summed E-state index contributed by atoms with van der Waals surface area (Å²) in [6, 6.07) is 10.4. The number of aromatic nitrogens is 1. The average molecular weight is 350 g/mol. The summed E-state index contributed by atoms with van der Waals surface area (Å²) in [5.41, 5.74) is 0.882. The van der Waals surface area contributed by atoms with Gasteiger partial charge in [-0.25, -0.2) is 0 Å². The van der Waals surface area contributed by atoms with Gasteiger partial charge >= 0.3 is 0 Å². The van der Waals surface area contributed by atoms with Crippen molar-refractivity contribution < 1.29 is 9.59 Å². The second-order valence-electron chi connectivity index (χ2n) is 6.21. The van der Waals surface area contributed by atoms with E-state index in [4.69, 9.17) is 5.26 Å². The highest BCUT2D eigenvalue weighted by Gasteiger charge is 2.25. The number of carbonyl (C=O) groups is 2. The van der Waals surface area contributed by atoms with Crippen LogP contribution in [0.25, 0.3) is 0 Å². The highest BCUT2D eigenvalue weighted by Crippen LogP contribution is 2.19. The second kappa shape index (κ2) is 7.23. The molecule has 7 nitrogen and oxygen atoms in total. The zero-order valence-electron chi connectivity index (χ0n) is 14.3. The molecule has 0 bridgehead atoms. The fourth-order valence-electron chi connectivity index (χ4n) is 2.61. The summed E-state index contributed by atoms with van der Waals surface area (Å²) in [6.07, 6.45) is 3.33. The van der Waals surface area contributed by atoms with Crippen molar-refractivity contribution in [2.75, 3.05) is 7.05 Å². The number of carbonyl (C=O) groups excluding carboxylic acids is 2. The third-order valence-electron chi connectivity index (χ3n) is 4.14. The fourth-order valence-corrected chi connectivity index (χ4v) is 2.61. The molecule has 0 spiro atoms. The number of nitrogens with zero attached hydrogens (tertiary/aromatic N) is 2. The zero-order valence-corrected chi connectivity index (χ0v) is 14.3. The van der Waals surface area contributed by atoms with Crippen LogP contribution in [0.3, 0.4) is 0 Å². The molecule has 1 aromatic heterocycles. The first kappa shape index (κ1) is 17.4. The second-order valence-corrected chi connectivity index (χ2v) is 6.21. The molecule has 132 valence electrons. The van der Waals surface area contributed by atoms with E-state index < -0.39 is 11.5 Å². The molecule has 1 fully saturated rings. The fraction of sp³-hybridized carbons (Fsp3) is 0.263. The molecule has 0 unspecified atom stereocenters. The van der Waals surface area contributed by atoms with Gasteiger partial charge in [0.05, 0.1) is 23.7 Å². The van der Waals surface area contributed by atoms with Crippen LogP contribution in [-0.2, 0) is 6.54 Å². The molecule has 0 aliphatic heterocycles. The predicted octanol–water partition coefficient (Wildman–Crippen LogP) is 1.02. The largest absolute Gasteiger partial charge is 0.355 e. The van der Waals surface area contributed by atoms with Gasteiger partial charge in [0.1, 0.15) is 5.56 Å². The summed E-state index contributed by atoms with van der Waals surface area (Å²) >= 11 is 0. The summed E-state index contributed by atoms with van der Waals surface area (Å²) < 4.78 is 1.32. The lowest BCUT2D eigenvalue weighted by molar-refractivity contribution is 0.0950. The maximum absolute atomic E-state index is 12.6. The van der Waals surface area contributed by atoms with Gasteiger partial charge in [0, 0.05) is 19.3 Å². The zero-order chi connectivity index (χ0) is 18.7. The molecule has 0 radical (unpaired) electrons. The molecule has 2 amide bonds. The van der Waals surface area contributed by atoms with Gasteiger partial charge in [-0.15, -0.1) is 0 Å². The highest BCUT2D eigenvalue weighted by atomic mass is 16.2. The smallest absolute Gasteiger partial charge is 0.263 e. The summed E-state index contributed by atoms with van der Waals surface area (Å²) in [6.45, 7) is 0.156. The van der Waals surface area contributed by atoms with Crippen LogP contribution in [0.1, 0.15) is 44.7 Å². The SMILES string of the molecule is CNC(=O)c1cc(C(=O)NC2CC2)cn(Cc2cccc(C#N)c2)c1=O. The van der Waals surface area contributed by atoms with E-state index in [1.807, 2.05) is 6.07 Å². The Bertz CT molecular complexity index is 967. The van der Waals surface area contributed by atoms with E-state index in [1.165, 1.54) is 23.9 Å². The quantitative estimate of drug-likeness (QED) is 0.840. The molecule has 1 saturated carbocycles. The van der Waals surface area contributed by atoms with Crippen molar-refractivity contribution in [1.82, 2.24) is 15.2 Å². The molecule has 0 atom stereocenters. The molecule has 0 saturated heterocycles. The topological polar surface area (TPSA) is 104 Å². The van der Waals surface area contributed by atoms with Gasteiger partial charge < -0.3 is 15.2 Å². The maximum Gasteiger partial charge on any atom is 0.263 e. The Kier molecular flexibility index (Phi) is 4.85. The molecule has 2 N–H and O–H groups in total. The van der Waals surface area contributed by atoms with Crippen LogP contribution in [0.4, 0.5) is 0 Å². The monoisotopic (exact) mass is 350 g/mol. The predicted molar refractivity (Wildman–Crippen MR) is 94.8 cm³/mol. The third-order valence-corrected chi connectivity index (χ3v) is 4.14. The number of hydrogen-bond acceptors (Lipinski definition) is 4. The lowest BCUT2D eigenvalue weighted by Gasteiger charge is -2.12. The van der Waals surface area contributed by atoms with Gasteiger partial charge in [-0.1, -0.05) is 12.1 Å². The highest BCUT2D eigenvalue weighted by molar-refractivity contribution is 5.99. The molecule has 26 heavy (non-hydrogen) atoms. The average Bonchev–Trinajstić information content (AvgIpc) is 3.46. The first-order valence-electron chi connectivity index (χ1n) is 8.28. The minimum Gasteiger partial charge on any atom is -0.355 e. The van der Waals surface area contributed by atoms with E-state index in [0.29, 0.717) is 5.56 Å². The molecule has 2 aromatic rings. The first-order chi connectivity index (χ1) is 12.5. The van der Waals surface area contributed by atoms with Crippen molar-refractivity contribution in [3.8, 4) is 6.07 Å². The summed E-state index contributed by atoms with van der Waals surface area (Å²) in [4.78, 5) is 37.1. The van der Waals surface area contributed by atoms with Gasteiger partial charge in [-0.3, -0.25) is 14.4 Å². The van der Waals surface area contributed by atoms with Crippen LogP contribution in [-0.4, -0.2) is 29.5 Å². The molecular formula is C19H18N4O3. The minimum atomic E-state index is -0.546. The number of rotatable bonds is 5. The molecule has 7 heteroatoms. The van der Waals surface area contributed by atoms with E-state index in [1.54, 1.807) is 24.3 Å². The summed E-state index contributed by atoms with van der Waals surface area (Å²) in [5, 5.41) is 14.3. The maximum atomic E-state index is 12.6. The van der Waals surface area contributed by atoms with Crippen LogP contribution in [0, 0.1) is 11.3 Å². The number of nitrogens with one attached hydrogen (secondary N) is 2. The Morgan fingerprint density at radius 2 is 2.04 bits per heavy atom. The number of nitriles is 1. The normalized spacial score (nSPS) is 12.9. The van der Waals surface area contributed by atoms with Crippen molar-refractivity contribution in [3.63, 3.8) is 0 Å². The van der Waals surface area contributed by atoms with Crippen molar-refractivity contribution >= 4 is 11.8 Å². The van der Waals surface area contributed by atoms with Gasteiger partial charge in [-0.05, 0) is 36.6 Å². The number of hydrogen-bond donors (Lipinski definition) is 2. The van der Waals surface area contributed by atoms with Crippen LogP contribution < -0.4 is 16.2 Å². The molecule has 1 aliphatic carbocycles. The van der Waals surface area contributed by atoms with Crippen molar-refractivity contribution in [2.24, 2.45) is 0 Å². The van der Waals surface area contributed by atoms with E-state index in [2.05, 4.69) is 10.6 Å². The van der Waals surface area contributed by atoms with Gasteiger partial charge in [0.25, 0.3) is 17.4 Å². The first-order valence-corrected chi connectivity index (χ1v) is 8.28. The molecular weight excluding hydrogens is 332 g/mol. The van der Waals surface area contributed by atoms with Crippen LogP contribution in [0.2, 0.25) is 0 Å². The Balaban J connectivity index is 2.01. The van der Waals surface area contributed by atoms with Crippen molar-refractivity contribution in [1.29, 1.82) is 5.26 Å². The van der Waals surface area contributed by atoms with Crippen molar-refractivity contribution in [2.45, 2.75) is 25.4 Å². The van der Waals surface area contributed by atoms with Crippen molar-refractivity contribution in [3.05, 3.63) is 69.1 Å². The Morgan fingerprint density at radius 1 is 1.27 bits per heavy atom. The Labute approximate surface area is 150 Å². The lowest BCUT2D eigenvalue weighted by atomic mass is 10.1. The van der Waals surface area contributed by atoms with E-state index in [0.717, 1.165) is 18.4 Å². The number of pyridine rings is 1. The Hall–Kier alpha value is -3.40. The lowest BCUT2D eigenvalue weighted by Crippen LogP contribution is -2.34. The van der Waals surface area contributed by atoms with Gasteiger partial charge in [-0.2, -0.15) is 5.26 Å². The molecule has 1 aromatic carbocycles.